The van der Waals surface area contributed by atoms with Gasteiger partial charge >= 0.3 is 0 Å². The molecule has 0 atom stereocenters. The van der Waals surface area contributed by atoms with Crippen molar-refractivity contribution in [3.05, 3.63) is 47.0 Å². The molecule has 1 aliphatic rings. The number of H-pyrrole nitrogens is 1. The van der Waals surface area contributed by atoms with Crippen molar-refractivity contribution in [3.63, 3.8) is 0 Å². The summed E-state index contributed by atoms with van der Waals surface area (Å²) < 4.78 is 0. The lowest BCUT2D eigenvalue weighted by molar-refractivity contribution is 0.0740. The van der Waals surface area contributed by atoms with Crippen molar-refractivity contribution in [1.82, 2.24) is 20.1 Å². The van der Waals surface area contributed by atoms with Crippen LogP contribution in [0.25, 0.3) is 0 Å². The topological polar surface area (TPSA) is 61.9 Å². The van der Waals surface area contributed by atoms with Crippen molar-refractivity contribution >= 4 is 5.91 Å². The second-order valence-electron chi connectivity index (χ2n) is 5.63. The molecule has 5 heteroatoms. The number of aromatic amines is 1. The quantitative estimate of drug-likeness (QED) is 0.918. The summed E-state index contributed by atoms with van der Waals surface area (Å²) >= 11 is 0. The predicted molar refractivity (Wildman–Crippen MR) is 80.0 cm³/mol. The van der Waals surface area contributed by atoms with Gasteiger partial charge in [0.2, 0.25) is 5.82 Å². The number of aromatic nitrogens is 3. The molecule has 0 radical (unpaired) electrons. The first-order chi connectivity index (χ1) is 10.2. The molecule has 0 spiro atoms. The molecule has 1 aliphatic carbocycles. The van der Waals surface area contributed by atoms with Crippen molar-refractivity contribution in [2.75, 3.05) is 6.54 Å². The molecule has 21 heavy (non-hydrogen) atoms. The number of nitrogens with one attached hydrogen (secondary N) is 1. The van der Waals surface area contributed by atoms with E-state index >= 15 is 0 Å². The fourth-order valence-corrected chi connectivity index (χ4v) is 2.41. The van der Waals surface area contributed by atoms with Crippen LogP contribution in [0, 0.1) is 6.92 Å². The molecule has 1 saturated carbocycles. The van der Waals surface area contributed by atoms with Gasteiger partial charge in [0.25, 0.3) is 5.91 Å². The molecule has 5 nitrogen and oxygen atoms in total. The van der Waals surface area contributed by atoms with Crippen LogP contribution in [0.15, 0.2) is 24.3 Å². The Hall–Kier alpha value is -2.17. The molecule has 1 amide bonds. The van der Waals surface area contributed by atoms with Gasteiger partial charge in [-0.3, -0.25) is 9.89 Å². The highest BCUT2D eigenvalue weighted by Gasteiger charge is 2.29. The monoisotopic (exact) mass is 284 g/mol. The first kappa shape index (κ1) is 13.8. The Morgan fingerprint density at radius 1 is 1.43 bits per heavy atom. The highest BCUT2D eigenvalue weighted by atomic mass is 16.2. The number of rotatable bonds is 5. The Bertz CT molecular complexity index is 645. The second-order valence-corrected chi connectivity index (χ2v) is 5.63. The van der Waals surface area contributed by atoms with E-state index < -0.39 is 0 Å². The Balaban J connectivity index is 1.73. The van der Waals surface area contributed by atoms with E-state index in [1.165, 1.54) is 5.56 Å². The maximum Gasteiger partial charge on any atom is 0.293 e. The summed E-state index contributed by atoms with van der Waals surface area (Å²) in [4.78, 5) is 18.6. The van der Waals surface area contributed by atoms with E-state index in [-0.39, 0.29) is 11.7 Å². The van der Waals surface area contributed by atoms with Gasteiger partial charge in [-0.05, 0) is 32.3 Å². The van der Waals surface area contributed by atoms with E-state index in [1.54, 1.807) is 4.90 Å². The Morgan fingerprint density at radius 3 is 2.90 bits per heavy atom. The molecule has 0 saturated heterocycles. The van der Waals surface area contributed by atoms with E-state index in [0.717, 1.165) is 24.2 Å². The number of hydrogen-bond acceptors (Lipinski definition) is 3. The highest BCUT2D eigenvalue weighted by Crippen LogP contribution is 2.37. The molecule has 1 N–H and O–H groups in total. The van der Waals surface area contributed by atoms with Crippen molar-refractivity contribution in [2.45, 2.75) is 39.2 Å². The van der Waals surface area contributed by atoms with Crippen LogP contribution in [0.4, 0.5) is 0 Å². The van der Waals surface area contributed by atoms with Crippen molar-refractivity contribution in [2.24, 2.45) is 0 Å². The zero-order valence-corrected chi connectivity index (χ0v) is 12.5. The third-order valence-corrected chi connectivity index (χ3v) is 3.78. The zero-order chi connectivity index (χ0) is 14.8. The maximum absolute atomic E-state index is 12.5. The van der Waals surface area contributed by atoms with Gasteiger partial charge < -0.3 is 4.90 Å². The highest BCUT2D eigenvalue weighted by molar-refractivity contribution is 5.90. The number of aryl methyl sites for hydroxylation is 1. The average molecular weight is 284 g/mol. The van der Waals surface area contributed by atoms with Gasteiger partial charge in [0.15, 0.2) is 0 Å². The lowest BCUT2D eigenvalue weighted by Gasteiger charge is -2.19. The molecular weight excluding hydrogens is 264 g/mol. The van der Waals surface area contributed by atoms with Crippen molar-refractivity contribution in [3.8, 4) is 0 Å². The third-order valence-electron chi connectivity index (χ3n) is 3.78. The molecule has 1 aromatic heterocycles. The summed E-state index contributed by atoms with van der Waals surface area (Å²) in [7, 11) is 0. The molecule has 2 aromatic rings. The van der Waals surface area contributed by atoms with Crippen LogP contribution >= 0.6 is 0 Å². The Kier molecular flexibility index (Phi) is 3.73. The largest absolute Gasteiger partial charge is 0.332 e. The standard InChI is InChI=1S/C16H20N4O/c1-3-20(10-12-6-4-5-11(2)9-12)16(21)15-17-14(18-19-15)13-7-8-13/h4-6,9,13H,3,7-8,10H2,1-2H3,(H,17,18,19). The molecule has 0 bridgehead atoms. The summed E-state index contributed by atoms with van der Waals surface area (Å²) in [5, 5.41) is 6.97. The fraction of sp³-hybridized carbons (Fsp3) is 0.438. The van der Waals surface area contributed by atoms with Crippen LogP contribution in [0.2, 0.25) is 0 Å². The van der Waals surface area contributed by atoms with Crippen LogP contribution in [0.5, 0.6) is 0 Å². The predicted octanol–water partition coefficient (Wildman–Crippen LogP) is 2.65. The van der Waals surface area contributed by atoms with Gasteiger partial charge in [-0.25, -0.2) is 4.98 Å². The summed E-state index contributed by atoms with van der Waals surface area (Å²) in [5.41, 5.74) is 2.33. The minimum atomic E-state index is -0.109. The van der Waals surface area contributed by atoms with E-state index in [4.69, 9.17) is 0 Å². The fourth-order valence-electron chi connectivity index (χ4n) is 2.41. The van der Waals surface area contributed by atoms with Gasteiger partial charge in [0.1, 0.15) is 5.82 Å². The molecule has 1 heterocycles. The first-order valence-electron chi connectivity index (χ1n) is 7.44. The molecule has 1 aromatic carbocycles. The normalized spacial score (nSPS) is 14.2. The number of hydrogen-bond donors (Lipinski definition) is 1. The van der Waals surface area contributed by atoms with E-state index in [1.807, 2.05) is 19.1 Å². The van der Waals surface area contributed by atoms with Gasteiger partial charge in [0, 0.05) is 19.0 Å². The SMILES string of the molecule is CCN(Cc1cccc(C)c1)C(=O)c1n[nH]c(C2CC2)n1. The van der Waals surface area contributed by atoms with Gasteiger partial charge in [-0.1, -0.05) is 29.8 Å². The van der Waals surface area contributed by atoms with E-state index in [9.17, 15) is 4.79 Å². The number of carbonyl (C=O) groups excluding carboxylic acids is 1. The maximum atomic E-state index is 12.5. The average Bonchev–Trinajstić information content (AvgIpc) is 3.22. The smallest absolute Gasteiger partial charge is 0.293 e. The zero-order valence-electron chi connectivity index (χ0n) is 12.5. The minimum Gasteiger partial charge on any atom is -0.332 e. The van der Waals surface area contributed by atoms with Crippen LogP contribution in [0.3, 0.4) is 0 Å². The second kappa shape index (κ2) is 5.68. The number of carbonyl (C=O) groups is 1. The van der Waals surface area contributed by atoms with Gasteiger partial charge in [-0.15, -0.1) is 5.10 Å². The molecule has 0 aliphatic heterocycles. The molecule has 110 valence electrons. The van der Waals surface area contributed by atoms with E-state index in [0.29, 0.717) is 19.0 Å². The van der Waals surface area contributed by atoms with Gasteiger partial charge in [-0.2, -0.15) is 0 Å². The summed E-state index contributed by atoms with van der Waals surface area (Å²) in [6.07, 6.45) is 2.28. The van der Waals surface area contributed by atoms with Crippen LogP contribution < -0.4 is 0 Å². The molecule has 0 unspecified atom stereocenters. The van der Waals surface area contributed by atoms with Crippen molar-refractivity contribution in [1.29, 1.82) is 0 Å². The van der Waals surface area contributed by atoms with E-state index in [2.05, 4.69) is 34.2 Å². The summed E-state index contributed by atoms with van der Waals surface area (Å²) in [5.74, 6) is 1.50. The first-order valence-corrected chi connectivity index (χ1v) is 7.44. The summed E-state index contributed by atoms with van der Waals surface area (Å²) in [6, 6.07) is 8.21. The van der Waals surface area contributed by atoms with Crippen LogP contribution in [-0.4, -0.2) is 32.5 Å². The number of nitrogens with zero attached hydrogens (tertiary/aromatic N) is 3. The van der Waals surface area contributed by atoms with Crippen LogP contribution in [-0.2, 0) is 6.54 Å². The molecular formula is C16H20N4O. The third kappa shape index (κ3) is 3.12. The molecule has 1 fully saturated rings. The lowest BCUT2D eigenvalue weighted by Crippen LogP contribution is -2.31. The van der Waals surface area contributed by atoms with Gasteiger partial charge in [0.05, 0.1) is 0 Å². The van der Waals surface area contributed by atoms with Crippen LogP contribution in [0.1, 0.15) is 53.3 Å². The Labute approximate surface area is 124 Å². The molecule has 3 rings (SSSR count). The summed E-state index contributed by atoms with van der Waals surface area (Å²) in [6.45, 7) is 5.26. The van der Waals surface area contributed by atoms with Crippen molar-refractivity contribution < 1.29 is 4.79 Å². The lowest BCUT2D eigenvalue weighted by atomic mass is 10.1. The number of benzene rings is 1. The number of amides is 1. The Morgan fingerprint density at radius 2 is 2.24 bits per heavy atom. The minimum absolute atomic E-state index is 0.109.